The largest absolute Gasteiger partial charge is 0.274 e. The second-order valence-corrected chi connectivity index (χ2v) is 6.80. The lowest BCUT2D eigenvalue weighted by molar-refractivity contribution is -0.384. The van der Waals surface area contributed by atoms with Crippen LogP contribution in [0.2, 0.25) is 5.02 Å². The maximum atomic E-state index is 11.3. The minimum absolute atomic E-state index is 0.0219. The van der Waals surface area contributed by atoms with Gasteiger partial charge in [0.25, 0.3) is 5.69 Å². The molecule has 0 unspecified atom stereocenters. The summed E-state index contributed by atoms with van der Waals surface area (Å²) in [6.07, 6.45) is 0. The Kier molecular flexibility index (Phi) is 3.96. The van der Waals surface area contributed by atoms with Gasteiger partial charge in [-0.15, -0.1) is 0 Å². The molecule has 0 amide bonds. The number of hydrogen-bond donors (Lipinski definition) is 0. The molecule has 0 aliphatic heterocycles. The second-order valence-electron chi connectivity index (χ2n) is 6.39. The molecular formula is C21H12ClN5O2. The van der Waals surface area contributed by atoms with E-state index in [1.165, 1.54) is 12.1 Å². The SMILES string of the molecule is O=[N+]([O-])c1cccc(-c2nc3nc4ccccc4nc3n2-c2ccccc2Cl)c1. The molecule has 7 nitrogen and oxygen atoms in total. The van der Waals surface area contributed by atoms with Crippen molar-refractivity contribution in [2.24, 2.45) is 0 Å². The fraction of sp³-hybridized carbons (Fsp3) is 0. The summed E-state index contributed by atoms with van der Waals surface area (Å²) in [5.41, 5.74) is 3.62. The third-order valence-corrected chi connectivity index (χ3v) is 4.90. The normalized spacial score (nSPS) is 11.2. The van der Waals surface area contributed by atoms with Crippen LogP contribution in [0.15, 0.2) is 72.8 Å². The van der Waals surface area contributed by atoms with Crippen molar-refractivity contribution in [3.63, 3.8) is 0 Å². The summed E-state index contributed by atoms with van der Waals surface area (Å²) >= 11 is 6.47. The Morgan fingerprint density at radius 2 is 1.59 bits per heavy atom. The highest BCUT2D eigenvalue weighted by atomic mass is 35.5. The van der Waals surface area contributed by atoms with E-state index in [0.29, 0.717) is 33.4 Å². The van der Waals surface area contributed by atoms with Crippen LogP contribution in [0.3, 0.4) is 0 Å². The van der Waals surface area contributed by atoms with Crippen molar-refractivity contribution in [1.29, 1.82) is 0 Å². The molecule has 0 spiro atoms. The van der Waals surface area contributed by atoms with E-state index < -0.39 is 4.92 Å². The average molecular weight is 402 g/mol. The molecule has 0 radical (unpaired) electrons. The molecule has 0 saturated carbocycles. The molecule has 0 aliphatic carbocycles. The van der Waals surface area contributed by atoms with E-state index >= 15 is 0 Å². The number of para-hydroxylation sites is 3. The zero-order valence-electron chi connectivity index (χ0n) is 14.9. The minimum Gasteiger partial charge on any atom is -0.274 e. The Labute approximate surface area is 169 Å². The van der Waals surface area contributed by atoms with Crippen molar-refractivity contribution < 1.29 is 4.92 Å². The number of non-ortho nitro benzene ring substituents is 1. The molecule has 5 aromatic rings. The van der Waals surface area contributed by atoms with Gasteiger partial charge in [-0.1, -0.05) is 48.0 Å². The van der Waals surface area contributed by atoms with Crippen molar-refractivity contribution >= 4 is 39.6 Å². The smallest absolute Gasteiger partial charge is 0.270 e. The van der Waals surface area contributed by atoms with E-state index in [1.54, 1.807) is 22.8 Å². The molecule has 0 N–H and O–H groups in total. The van der Waals surface area contributed by atoms with E-state index in [1.807, 2.05) is 42.5 Å². The molecule has 3 aromatic carbocycles. The van der Waals surface area contributed by atoms with Gasteiger partial charge < -0.3 is 0 Å². The first-order valence-electron chi connectivity index (χ1n) is 8.77. The van der Waals surface area contributed by atoms with Crippen molar-refractivity contribution in [3.05, 3.63) is 87.9 Å². The number of benzene rings is 3. The summed E-state index contributed by atoms with van der Waals surface area (Å²) in [6, 6.07) is 21.1. The Bertz CT molecular complexity index is 1410. The highest BCUT2D eigenvalue weighted by Gasteiger charge is 2.20. The number of fused-ring (bicyclic) bond motifs is 2. The van der Waals surface area contributed by atoms with Gasteiger partial charge in [-0.05, 0) is 24.3 Å². The van der Waals surface area contributed by atoms with Gasteiger partial charge in [-0.25, -0.2) is 15.0 Å². The summed E-state index contributed by atoms with van der Waals surface area (Å²) in [6.45, 7) is 0. The molecule has 29 heavy (non-hydrogen) atoms. The van der Waals surface area contributed by atoms with Crippen molar-refractivity contribution in [2.75, 3.05) is 0 Å². The maximum absolute atomic E-state index is 11.3. The maximum Gasteiger partial charge on any atom is 0.270 e. The lowest BCUT2D eigenvalue weighted by atomic mass is 10.2. The molecule has 0 bridgehead atoms. The molecule has 0 saturated heterocycles. The van der Waals surface area contributed by atoms with Crippen LogP contribution in [0.1, 0.15) is 0 Å². The monoisotopic (exact) mass is 401 g/mol. The van der Waals surface area contributed by atoms with Gasteiger partial charge in [0, 0.05) is 17.7 Å². The topological polar surface area (TPSA) is 86.7 Å². The van der Waals surface area contributed by atoms with E-state index in [0.717, 1.165) is 11.0 Å². The third kappa shape index (κ3) is 2.88. The fourth-order valence-electron chi connectivity index (χ4n) is 3.27. The molecular weight excluding hydrogens is 390 g/mol. The van der Waals surface area contributed by atoms with Crippen molar-refractivity contribution in [3.8, 4) is 17.1 Å². The number of rotatable bonds is 3. The number of nitro benzene ring substituents is 1. The van der Waals surface area contributed by atoms with Crippen LogP contribution in [-0.4, -0.2) is 24.4 Å². The van der Waals surface area contributed by atoms with Crippen molar-refractivity contribution in [2.45, 2.75) is 0 Å². The number of nitro groups is 1. The second kappa shape index (κ2) is 6.65. The number of nitrogens with zero attached hydrogens (tertiary/aromatic N) is 5. The van der Waals surface area contributed by atoms with Gasteiger partial charge >= 0.3 is 0 Å². The molecule has 0 atom stereocenters. The fourth-order valence-corrected chi connectivity index (χ4v) is 3.49. The lowest BCUT2D eigenvalue weighted by Crippen LogP contribution is -2.00. The third-order valence-electron chi connectivity index (χ3n) is 4.58. The number of hydrogen-bond acceptors (Lipinski definition) is 5. The van der Waals surface area contributed by atoms with Gasteiger partial charge in [-0.2, -0.15) is 0 Å². The quantitative estimate of drug-likeness (QED) is 0.306. The summed E-state index contributed by atoms with van der Waals surface area (Å²) in [7, 11) is 0. The Hall–Kier alpha value is -3.84. The molecule has 2 aromatic heterocycles. The Balaban J connectivity index is 1.89. The zero-order valence-corrected chi connectivity index (χ0v) is 15.6. The number of imidazole rings is 1. The van der Waals surface area contributed by atoms with Gasteiger partial charge in [0.05, 0.1) is 26.7 Å². The van der Waals surface area contributed by atoms with Crippen LogP contribution >= 0.6 is 11.6 Å². The first-order valence-corrected chi connectivity index (χ1v) is 9.14. The molecule has 0 aliphatic rings. The van der Waals surface area contributed by atoms with Crippen LogP contribution in [0.5, 0.6) is 0 Å². The molecule has 2 heterocycles. The van der Waals surface area contributed by atoms with Gasteiger partial charge in [-0.3, -0.25) is 14.7 Å². The predicted molar refractivity (Wildman–Crippen MR) is 111 cm³/mol. The van der Waals surface area contributed by atoms with E-state index in [4.69, 9.17) is 16.6 Å². The first-order chi connectivity index (χ1) is 14.1. The highest BCUT2D eigenvalue weighted by molar-refractivity contribution is 6.32. The predicted octanol–water partition coefficient (Wildman–Crippen LogP) is 5.20. The van der Waals surface area contributed by atoms with Crippen LogP contribution < -0.4 is 0 Å². The minimum atomic E-state index is -0.434. The zero-order chi connectivity index (χ0) is 20.0. The van der Waals surface area contributed by atoms with E-state index in [9.17, 15) is 10.1 Å². The van der Waals surface area contributed by atoms with Gasteiger partial charge in [0.1, 0.15) is 5.82 Å². The van der Waals surface area contributed by atoms with Gasteiger partial charge in [0.2, 0.25) is 0 Å². The van der Waals surface area contributed by atoms with E-state index in [2.05, 4.69) is 9.97 Å². The van der Waals surface area contributed by atoms with Crippen LogP contribution in [0.25, 0.3) is 39.4 Å². The Morgan fingerprint density at radius 3 is 2.34 bits per heavy atom. The molecule has 140 valence electrons. The highest BCUT2D eigenvalue weighted by Crippen LogP contribution is 2.32. The summed E-state index contributed by atoms with van der Waals surface area (Å²) in [4.78, 5) is 24.9. The van der Waals surface area contributed by atoms with E-state index in [-0.39, 0.29) is 5.69 Å². The molecule has 0 fully saturated rings. The van der Waals surface area contributed by atoms with Crippen molar-refractivity contribution in [1.82, 2.24) is 19.5 Å². The van der Waals surface area contributed by atoms with Gasteiger partial charge in [0.15, 0.2) is 11.3 Å². The Morgan fingerprint density at radius 1 is 0.862 bits per heavy atom. The van der Waals surface area contributed by atoms with Crippen LogP contribution in [-0.2, 0) is 0 Å². The number of halogens is 1. The number of aromatic nitrogens is 4. The van der Waals surface area contributed by atoms with Crippen LogP contribution in [0.4, 0.5) is 5.69 Å². The van der Waals surface area contributed by atoms with Crippen LogP contribution in [0, 0.1) is 10.1 Å². The first kappa shape index (κ1) is 17.3. The average Bonchev–Trinajstić information content (AvgIpc) is 3.10. The molecule has 8 heteroatoms. The summed E-state index contributed by atoms with van der Waals surface area (Å²) in [5, 5.41) is 11.8. The summed E-state index contributed by atoms with van der Waals surface area (Å²) in [5.74, 6) is 0.479. The lowest BCUT2D eigenvalue weighted by Gasteiger charge is -2.10. The standard InChI is InChI=1S/C21H12ClN5O2/c22-15-8-1-4-11-18(15)26-20(13-6-5-7-14(12-13)27(28)29)25-19-21(26)24-17-10-3-2-9-16(17)23-19/h1-12H. The molecule has 5 rings (SSSR count). The summed E-state index contributed by atoms with van der Waals surface area (Å²) < 4.78 is 1.79.